The Hall–Kier alpha value is 0.270. The minimum Gasteiger partial charge on any atom is -0.392 e. The van der Waals surface area contributed by atoms with E-state index in [2.05, 4.69) is 33.1 Å². The normalized spacial score (nSPS) is 33.4. The van der Waals surface area contributed by atoms with Crippen LogP contribution in [0.4, 0.5) is 0 Å². The fraction of sp³-hybridized carbons (Fsp3) is 1.00. The highest BCUT2D eigenvalue weighted by Gasteiger charge is 2.35. The Balaban J connectivity index is 2.58. The lowest BCUT2D eigenvalue weighted by atomic mass is 9.75. The predicted molar refractivity (Wildman–Crippen MR) is 73.0 cm³/mol. The minimum absolute atomic E-state index is 0.215. The summed E-state index contributed by atoms with van der Waals surface area (Å²) in [6, 6.07) is 0.610. The summed E-state index contributed by atoms with van der Waals surface area (Å²) in [6.07, 6.45) is 3.60. The Bertz CT molecular complexity index is 218. The lowest BCUT2D eigenvalue weighted by Gasteiger charge is -2.41. The van der Waals surface area contributed by atoms with Gasteiger partial charge in [0.15, 0.2) is 0 Å². The van der Waals surface area contributed by atoms with Crippen LogP contribution >= 0.6 is 11.8 Å². The van der Waals surface area contributed by atoms with Crippen LogP contribution in [0.5, 0.6) is 0 Å². The Morgan fingerprint density at radius 2 is 2.00 bits per heavy atom. The summed E-state index contributed by atoms with van der Waals surface area (Å²) in [5, 5.41) is 14.0. The topological polar surface area (TPSA) is 32.3 Å². The zero-order valence-corrected chi connectivity index (χ0v) is 12.1. The number of thioether (sulfide) groups is 1. The molecule has 2 N–H and O–H groups in total. The third-order valence-corrected chi connectivity index (χ3v) is 5.44. The maximum atomic E-state index is 9.60. The molecule has 0 amide bonds. The van der Waals surface area contributed by atoms with E-state index in [0.717, 1.165) is 0 Å². The molecule has 0 aromatic heterocycles. The molecule has 96 valence electrons. The van der Waals surface area contributed by atoms with Crippen molar-refractivity contribution in [2.24, 2.45) is 5.41 Å². The first-order valence-electron chi connectivity index (χ1n) is 6.36. The summed E-state index contributed by atoms with van der Waals surface area (Å²) in [6.45, 7) is 8.74. The standard InChI is InChI=1S/C13H27NOS/c1-9(15)10(2)16-12-8-13(3,4)7-6-11(12)14-5/h9-12,14-15H,6-8H2,1-5H3. The molecule has 0 aromatic rings. The van der Waals surface area contributed by atoms with E-state index in [-0.39, 0.29) is 6.10 Å². The van der Waals surface area contributed by atoms with Crippen LogP contribution in [0.3, 0.4) is 0 Å². The van der Waals surface area contributed by atoms with E-state index < -0.39 is 0 Å². The van der Waals surface area contributed by atoms with Gasteiger partial charge in [0.1, 0.15) is 0 Å². The molecule has 0 spiro atoms. The number of hydrogen-bond acceptors (Lipinski definition) is 3. The Labute approximate surface area is 105 Å². The molecule has 0 aromatic carbocycles. The van der Waals surface area contributed by atoms with Crippen molar-refractivity contribution in [3.8, 4) is 0 Å². The third kappa shape index (κ3) is 3.94. The second-order valence-electron chi connectivity index (χ2n) is 5.92. The van der Waals surface area contributed by atoms with Gasteiger partial charge in [-0.15, -0.1) is 0 Å². The molecule has 1 fully saturated rings. The van der Waals surface area contributed by atoms with Crippen LogP contribution in [-0.2, 0) is 0 Å². The SMILES string of the molecule is CNC1CCC(C)(C)CC1SC(C)C(C)O. The molecule has 3 heteroatoms. The van der Waals surface area contributed by atoms with E-state index in [9.17, 15) is 5.11 Å². The Morgan fingerprint density at radius 3 is 2.50 bits per heavy atom. The predicted octanol–water partition coefficient (Wildman–Crippen LogP) is 2.66. The average molecular weight is 245 g/mol. The van der Waals surface area contributed by atoms with Gasteiger partial charge in [-0.25, -0.2) is 0 Å². The highest BCUT2D eigenvalue weighted by Crippen LogP contribution is 2.41. The first-order valence-corrected chi connectivity index (χ1v) is 7.31. The van der Waals surface area contributed by atoms with Gasteiger partial charge in [-0.1, -0.05) is 20.8 Å². The Morgan fingerprint density at radius 1 is 1.38 bits per heavy atom. The molecule has 4 unspecified atom stereocenters. The molecule has 0 bridgehead atoms. The minimum atomic E-state index is -0.215. The van der Waals surface area contributed by atoms with Crippen LogP contribution in [-0.4, -0.2) is 34.8 Å². The van der Waals surface area contributed by atoms with Crippen molar-refractivity contribution in [1.29, 1.82) is 0 Å². The quantitative estimate of drug-likeness (QED) is 0.798. The molecule has 0 saturated heterocycles. The first-order chi connectivity index (χ1) is 7.35. The summed E-state index contributed by atoms with van der Waals surface area (Å²) in [5.74, 6) is 0. The van der Waals surface area contributed by atoms with Crippen molar-refractivity contribution in [2.45, 2.75) is 69.6 Å². The molecular weight excluding hydrogens is 218 g/mol. The Kier molecular flexibility index (Phi) is 5.14. The van der Waals surface area contributed by atoms with Crippen molar-refractivity contribution in [1.82, 2.24) is 5.32 Å². The zero-order chi connectivity index (χ0) is 12.3. The largest absolute Gasteiger partial charge is 0.392 e. The lowest BCUT2D eigenvalue weighted by molar-refractivity contribution is 0.192. The molecule has 0 aliphatic heterocycles. The summed E-state index contributed by atoms with van der Waals surface area (Å²) in [5.41, 5.74) is 0.462. The van der Waals surface area contributed by atoms with Crippen LogP contribution in [0.2, 0.25) is 0 Å². The average Bonchev–Trinajstić information content (AvgIpc) is 2.16. The summed E-state index contributed by atoms with van der Waals surface area (Å²) < 4.78 is 0. The molecule has 4 atom stereocenters. The molecule has 1 rings (SSSR count). The van der Waals surface area contributed by atoms with E-state index in [1.165, 1.54) is 19.3 Å². The maximum absolute atomic E-state index is 9.60. The second-order valence-corrected chi connectivity index (χ2v) is 7.54. The van der Waals surface area contributed by atoms with Crippen molar-refractivity contribution < 1.29 is 5.11 Å². The van der Waals surface area contributed by atoms with E-state index in [1.807, 2.05) is 18.7 Å². The van der Waals surface area contributed by atoms with E-state index in [4.69, 9.17) is 0 Å². The molecule has 1 aliphatic carbocycles. The van der Waals surface area contributed by atoms with Gasteiger partial charge in [-0.2, -0.15) is 11.8 Å². The molecule has 16 heavy (non-hydrogen) atoms. The van der Waals surface area contributed by atoms with Gasteiger partial charge < -0.3 is 10.4 Å². The summed E-state index contributed by atoms with van der Waals surface area (Å²) in [7, 11) is 2.06. The number of aliphatic hydroxyl groups excluding tert-OH is 1. The van der Waals surface area contributed by atoms with Gasteiger partial charge >= 0.3 is 0 Å². The highest BCUT2D eigenvalue weighted by atomic mass is 32.2. The van der Waals surface area contributed by atoms with Gasteiger partial charge in [0, 0.05) is 16.5 Å². The molecule has 0 radical (unpaired) electrons. The fourth-order valence-electron chi connectivity index (χ4n) is 2.38. The molecular formula is C13H27NOS. The van der Waals surface area contributed by atoms with Crippen molar-refractivity contribution in [3.63, 3.8) is 0 Å². The molecule has 0 heterocycles. The first kappa shape index (κ1) is 14.3. The van der Waals surface area contributed by atoms with Crippen LogP contribution in [0.1, 0.15) is 47.0 Å². The number of nitrogens with one attached hydrogen (secondary N) is 1. The summed E-state index contributed by atoms with van der Waals surface area (Å²) in [4.78, 5) is 0. The van der Waals surface area contributed by atoms with Gasteiger partial charge in [-0.3, -0.25) is 0 Å². The zero-order valence-electron chi connectivity index (χ0n) is 11.3. The fourth-order valence-corrected chi connectivity index (χ4v) is 4.17. The number of aliphatic hydroxyl groups is 1. The van der Waals surface area contributed by atoms with E-state index >= 15 is 0 Å². The van der Waals surface area contributed by atoms with Crippen molar-refractivity contribution in [3.05, 3.63) is 0 Å². The molecule has 1 saturated carbocycles. The van der Waals surface area contributed by atoms with Crippen molar-refractivity contribution >= 4 is 11.8 Å². The smallest absolute Gasteiger partial charge is 0.0628 e. The van der Waals surface area contributed by atoms with Crippen LogP contribution < -0.4 is 5.32 Å². The number of rotatable bonds is 4. The molecule has 1 aliphatic rings. The van der Waals surface area contributed by atoms with Gasteiger partial charge in [-0.05, 0) is 38.6 Å². The second kappa shape index (κ2) is 5.74. The molecule has 2 nitrogen and oxygen atoms in total. The van der Waals surface area contributed by atoms with Crippen LogP contribution in [0.15, 0.2) is 0 Å². The van der Waals surface area contributed by atoms with Gasteiger partial charge in [0.05, 0.1) is 6.10 Å². The monoisotopic (exact) mass is 245 g/mol. The highest BCUT2D eigenvalue weighted by molar-refractivity contribution is 8.00. The van der Waals surface area contributed by atoms with Crippen molar-refractivity contribution in [2.75, 3.05) is 7.05 Å². The van der Waals surface area contributed by atoms with Gasteiger partial charge in [0.25, 0.3) is 0 Å². The maximum Gasteiger partial charge on any atom is 0.0628 e. The number of hydrogen-bond donors (Lipinski definition) is 2. The van der Waals surface area contributed by atoms with Crippen LogP contribution in [0.25, 0.3) is 0 Å². The van der Waals surface area contributed by atoms with Gasteiger partial charge in [0.2, 0.25) is 0 Å². The third-order valence-electron chi connectivity index (χ3n) is 3.77. The van der Waals surface area contributed by atoms with E-state index in [0.29, 0.717) is 22.0 Å². The van der Waals surface area contributed by atoms with Crippen LogP contribution in [0, 0.1) is 5.41 Å². The van der Waals surface area contributed by atoms with E-state index in [1.54, 1.807) is 0 Å². The lowest BCUT2D eigenvalue weighted by Crippen LogP contribution is -2.44. The summed E-state index contributed by atoms with van der Waals surface area (Å²) >= 11 is 1.95.